The van der Waals surface area contributed by atoms with E-state index < -0.39 is 19.7 Å². The molecule has 144 valence electrons. The Balaban J connectivity index is 3.07. The highest BCUT2D eigenvalue weighted by Gasteiger charge is 2.39. The highest BCUT2D eigenvalue weighted by Crippen LogP contribution is 2.38. The minimum atomic E-state index is -1.92. The number of halogens is 2. The molecule has 7 heteroatoms. The fourth-order valence-corrected chi connectivity index (χ4v) is 4.41. The third-order valence-corrected chi connectivity index (χ3v) is 11.5. The van der Waals surface area contributed by atoms with Crippen molar-refractivity contribution in [1.82, 2.24) is 4.72 Å². The first-order valence-corrected chi connectivity index (χ1v) is 13.6. The molecule has 0 spiro atoms. The largest absolute Gasteiger partial charge is 0.598 e. The van der Waals surface area contributed by atoms with Gasteiger partial charge in [0.15, 0.2) is 8.32 Å². The molecule has 0 aliphatic rings. The van der Waals surface area contributed by atoms with Crippen molar-refractivity contribution in [3.05, 3.63) is 33.3 Å². The smallest absolute Gasteiger partial charge is 0.192 e. The third-order valence-electron chi connectivity index (χ3n) is 4.56. The van der Waals surface area contributed by atoms with Crippen LogP contribution in [-0.2, 0) is 15.8 Å². The first-order chi connectivity index (χ1) is 11.1. The number of benzene rings is 1. The lowest BCUT2D eigenvalue weighted by Gasteiger charge is -2.38. The van der Waals surface area contributed by atoms with Crippen LogP contribution < -0.4 is 4.72 Å². The van der Waals surface area contributed by atoms with Crippen LogP contribution in [0.4, 0.5) is 0 Å². The number of hydrogen-bond acceptors (Lipinski definition) is 3. The zero-order valence-corrected chi connectivity index (χ0v) is 20.7. The molecule has 0 bridgehead atoms. The highest BCUT2D eigenvalue weighted by atomic mass is 79.9. The molecular formula is C18H31BrClNO2SSi. The summed E-state index contributed by atoms with van der Waals surface area (Å²) in [5, 5.41) is 0.751. The summed E-state index contributed by atoms with van der Waals surface area (Å²) in [6, 6.07) is 5.54. The molecule has 0 fully saturated rings. The summed E-state index contributed by atoms with van der Waals surface area (Å²) < 4.78 is 22.8. The maximum Gasteiger partial charge on any atom is 0.192 e. The van der Waals surface area contributed by atoms with Gasteiger partial charge >= 0.3 is 0 Å². The van der Waals surface area contributed by atoms with E-state index >= 15 is 0 Å². The van der Waals surface area contributed by atoms with Gasteiger partial charge in [0.1, 0.15) is 10.8 Å². The van der Waals surface area contributed by atoms with Gasteiger partial charge in [0.05, 0.1) is 6.61 Å². The molecule has 0 radical (unpaired) electrons. The Morgan fingerprint density at radius 1 is 1.24 bits per heavy atom. The highest BCUT2D eigenvalue weighted by molar-refractivity contribution is 9.10. The molecule has 0 aliphatic carbocycles. The number of hydrogen-bond donors (Lipinski definition) is 1. The van der Waals surface area contributed by atoms with E-state index in [1.165, 1.54) is 0 Å². The summed E-state index contributed by atoms with van der Waals surface area (Å²) >= 11 is 8.67. The van der Waals surface area contributed by atoms with Crippen molar-refractivity contribution in [3.63, 3.8) is 0 Å². The summed E-state index contributed by atoms with van der Waals surface area (Å²) in [7, 11) is -1.92. The molecule has 0 aliphatic heterocycles. The Bertz CT molecular complexity index is 587. The summed E-state index contributed by atoms with van der Waals surface area (Å²) in [6.45, 7) is 17.4. The van der Waals surface area contributed by atoms with Crippen molar-refractivity contribution in [3.8, 4) is 0 Å². The normalized spacial score (nSPS) is 16.0. The van der Waals surface area contributed by atoms with E-state index in [4.69, 9.17) is 16.0 Å². The van der Waals surface area contributed by atoms with E-state index in [2.05, 4.69) is 54.5 Å². The zero-order valence-electron chi connectivity index (χ0n) is 16.5. The molecule has 0 amide bonds. The van der Waals surface area contributed by atoms with Gasteiger partial charge < -0.3 is 8.98 Å². The molecule has 1 rings (SSSR count). The van der Waals surface area contributed by atoms with Gasteiger partial charge in [-0.3, -0.25) is 0 Å². The fourth-order valence-electron chi connectivity index (χ4n) is 1.79. The minimum absolute atomic E-state index is 0.115. The second kappa shape index (κ2) is 8.63. The first kappa shape index (κ1) is 23.5. The lowest BCUT2D eigenvalue weighted by Crippen LogP contribution is -2.46. The van der Waals surface area contributed by atoms with Gasteiger partial charge in [0, 0.05) is 20.9 Å². The lowest BCUT2D eigenvalue weighted by molar-refractivity contribution is 0.256. The van der Waals surface area contributed by atoms with Crippen molar-refractivity contribution in [2.45, 2.75) is 70.5 Å². The maximum atomic E-state index is 12.7. The van der Waals surface area contributed by atoms with Crippen LogP contribution in [0.1, 0.15) is 53.1 Å². The molecule has 1 aromatic rings. The first-order valence-electron chi connectivity index (χ1n) is 8.42. The van der Waals surface area contributed by atoms with Crippen LogP contribution in [0.5, 0.6) is 0 Å². The Morgan fingerprint density at radius 2 is 1.80 bits per heavy atom. The molecule has 3 nitrogen and oxygen atoms in total. The van der Waals surface area contributed by atoms with Gasteiger partial charge in [-0.15, -0.1) is 4.72 Å². The second-order valence-electron chi connectivity index (χ2n) is 8.79. The topological polar surface area (TPSA) is 44.3 Å². The van der Waals surface area contributed by atoms with Crippen molar-refractivity contribution >= 4 is 47.2 Å². The van der Waals surface area contributed by atoms with E-state index in [-0.39, 0.29) is 15.8 Å². The van der Waals surface area contributed by atoms with E-state index in [9.17, 15) is 4.55 Å². The Hall–Kier alpha value is 0.437. The molecule has 2 atom stereocenters. The molecule has 0 saturated heterocycles. The SMILES string of the molecule is CC(C)(C)[S@+]([O-])N[C@H](CO[Si](C)(C)C(C)(C)C)c1ccc(Br)cc1Cl. The van der Waals surface area contributed by atoms with Crippen LogP contribution in [0.25, 0.3) is 0 Å². The van der Waals surface area contributed by atoms with Crippen LogP contribution in [0.2, 0.25) is 23.2 Å². The van der Waals surface area contributed by atoms with Gasteiger partial charge in [-0.1, -0.05) is 54.4 Å². The fraction of sp³-hybridized carbons (Fsp3) is 0.667. The van der Waals surface area contributed by atoms with Crippen molar-refractivity contribution in [1.29, 1.82) is 0 Å². The van der Waals surface area contributed by atoms with Crippen molar-refractivity contribution < 1.29 is 8.98 Å². The molecule has 25 heavy (non-hydrogen) atoms. The van der Waals surface area contributed by atoms with Gasteiger partial charge in [-0.25, -0.2) is 0 Å². The summed E-state index contributed by atoms with van der Waals surface area (Å²) in [5.74, 6) is 0. The van der Waals surface area contributed by atoms with E-state index in [0.717, 1.165) is 10.0 Å². The minimum Gasteiger partial charge on any atom is -0.598 e. The molecule has 0 unspecified atom stereocenters. The maximum absolute atomic E-state index is 12.7. The third kappa shape index (κ3) is 6.83. The Labute approximate surface area is 170 Å². The quantitative estimate of drug-likeness (QED) is 0.398. The lowest BCUT2D eigenvalue weighted by atomic mass is 10.1. The predicted molar refractivity (Wildman–Crippen MR) is 116 cm³/mol. The number of rotatable bonds is 6. The van der Waals surface area contributed by atoms with Crippen LogP contribution in [0.3, 0.4) is 0 Å². The number of nitrogens with one attached hydrogen (secondary N) is 1. The summed E-state index contributed by atoms with van der Waals surface area (Å²) in [6.07, 6.45) is 0. The van der Waals surface area contributed by atoms with E-state index in [1.54, 1.807) is 0 Å². The summed E-state index contributed by atoms with van der Waals surface area (Å²) in [4.78, 5) is 0. The molecule has 0 heterocycles. The van der Waals surface area contributed by atoms with Crippen LogP contribution in [0, 0.1) is 0 Å². The van der Waals surface area contributed by atoms with Gasteiger partial charge in [0.2, 0.25) is 0 Å². The van der Waals surface area contributed by atoms with Crippen molar-refractivity contribution in [2.24, 2.45) is 0 Å². The van der Waals surface area contributed by atoms with Gasteiger partial charge in [-0.05, 0) is 56.6 Å². The standard InChI is InChI=1S/C18H31BrClNO2SSi/c1-17(2,3)24(22)21-16(12-23-25(7,8)18(4,5)6)14-10-9-13(19)11-15(14)20/h9-11,16,21H,12H2,1-8H3/t16-,24+/m1/s1. The molecule has 1 N–H and O–H groups in total. The predicted octanol–water partition coefficient (Wildman–Crippen LogP) is 6.22. The second-order valence-corrected chi connectivity index (χ2v) is 16.9. The molecule has 0 saturated carbocycles. The Kier molecular flexibility index (Phi) is 8.10. The zero-order chi connectivity index (χ0) is 19.6. The molecule has 0 aromatic heterocycles. The summed E-state index contributed by atoms with van der Waals surface area (Å²) in [5.41, 5.74) is 0.904. The van der Waals surface area contributed by atoms with Gasteiger partial charge in [-0.2, -0.15) is 0 Å². The van der Waals surface area contributed by atoms with Crippen LogP contribution in [-0.4, -0.2) is 24.2 Å². The van der Waals surface area contributed by atoms with Crippen LogP contribution >= 0.6 is 27.5 Å². The van der Waals surface area contributed by atoms with E-state index in [1.807, 2.05) is 39.0 Å². The monoisotopic (exact) mass is 467 g/mol. The van der Waals surface area contributed by atoms with Crippen molar-refractivity contribution in [2.75, 3.05) is 6.61 Å². The molecular weight excluding hydrogens is 438 g/mol. The molecule has 1 aromatic carbocycles. The van der Waals surface area contributed by atoms with E-state index in [0.29, 0.717) is 11.6 Å². The average molecular weight is 469 g/mol. The average Bonchev–Trinajstić information content (AvgIpc) is 2.41. The Morgan fingerprint density at radius 3 is 2.24 bits per heavy atom. The van der Waals surface area contributed by atoms with Crippen LogP contribution in [0.15, 0.2) is 22.7 Å². The van der Waals surface area contributed by atoms with Gasteiger partial charge in [0.25, 0.3) is 0 Å².